The molecule has 2 atom stereocenters. The Balaban J connectivity index is 2.16. The number of aromatic nitrogens is 1. The van der Waals surface area contributed by atoms with E-state index >= 15 is 0 Å². The molecule has 6 nitrogen and oxygen atoms in total. The number of hydrogen-bond acceptors (Lipinski definition) is 5. The smallest absolute Gasteiger partial charge is 0.305 e. The summed E-state index contributed by atoms with van der Waals surface area (Å²) in [4.78, 5) is 30.0. The first kappa shape index (κ1) is 15.9. The second-order valence-corrected chi connectivity index (χ2v) is 6.58. The minimum atomic E-state index is -0.901. The first-order chi connectivity index (χ1) is 9.92. The number of hydrogen-bond donors (Lipinski definition) is 1. The van der Waals surface area contributed by atoms with Gasteiger partial charge in [-0.05, 0) is 6.42 Å². The number of nitrogens with zero attached hydrogens (tertiary/aromatic N) is 2. The third-order valence-corrected chi connectivity index (χ3v) is 4.89. The number of carboxylic acids is 1. The highest BCUT2D eigenvalue weighted by Gasteiger charge is 2.37. The summed E-state index contributed by atoms with van der Waals surface area (Å²) in [6.07, 6.45) is 1.99. The first-order valence-corrected chi connectivity index (χ1v) is 7.75. The number of rotatable bonds is 5. The van der Waals surface area contributed by atoms with Gasteiger partial charge in [0.1, 0.15) is 4.88 Å². The Bertz CT molecular complexity index is 529. The van der Waals surface area contributed by atoms with Crippen LogP contribution in [0.2, 0.25) is 0 Å². The van der Waals surface area contributed by atoms with E-state index in [0.717, 1.165) is 5.01 Å². The van der Waals surface area contributed by atoms with Gasteiger partial charge in [-0.15, -0.1) is 11.3 Å². The first-order valence-electron chi connectivity index (χ1n) is 6.93. The number of carbonyl (C=O) groups is 2. The normalized spacial score (nSPS) is 22.0. The number of ether oxygens (including phenoxy) is 1. The molecule has 0 radical (unpaired) electrons. The van der Waals surface area contributed by atoms with Crippen LogP contribution in [0.4, 0.5) is 0 Å². The molecule has 1 saturated heterocycles. The van der Waals surface area contributed by atoms with Crippen molar-refractivity contribution in [1.82, 2.24) is 9.88 Å². The summed E-state index contributed by atoms with van der Waals surface area (Å²) in [5.74, 6) is -0.774. The lowest BCUT2D eigenvalue weighted by Crippen LogP contribution is -2.36. The number of thiazole rings is 1. The highest BCUT2D eigenvalue weighted by Crippen LogP contribution is 2.28. The zero-order chi connectivity index (χ0) is 15.6. The van der Waals surface area contributed by atoms with Crippen molar-refractivity contribution in [1.29, 1.82) is 0 Å². The lowest BCUT2D eigenvalue weighted by molar-refractivity contribution is -0.137. The van der Waals surface area contributed by atoms with Crippen LogP contribution in [-0.2, 0) is 9.53 Å². The van der Waals surface area contributed by atoms with Crippen LogP contribution in [0.1, 0.15) is 47.3 Å². The van der Waals surface area contributed by atoms with E-state index in [9.17, 15) is 9.59 Å². The predicted molar refractivity (Wildman–Crippen MR) is 78.7 cm³/mol. The molecule has 0 spiro atoms. The van der Waals surface area contributed by atoms with Gasteiger partial charge < -0.3 is 14.7 Å². The van der Waals surface area contributed by atoms with Crippen LogP contribution in [0.3, 0.4) is 0 Å². The zero-order valence-corrected chi connectivity index (χ0v) is 13.2. The maximum atomic E-state index is 12.6. The van der Waals surface area contributed by atoms with Crippen LogP contribution < -0.4 is 0 Å². The minimum absolute atomic E-state index is 0.0541. The summed E-state index contributed by atoms with van der Waals surface area (Å²) in [5, 5.41) is 9.90. The second-order valence-electron chi connectivity index (χ2n) is 5.52. The third-order valence-electron chi connectivity index (χ3n) is 3.61. The molecule has 0 saturated carbocycles. The van der Waals surface area contributed by atoms with Gasteiger partial charge in [0.2, 0.25) is 0 Å². The van der Waals surface area contributed by atoms with Crippen LogP contribution in [0.15, 0.2) is 6.20 Å². The number of likely N-dealkylation sites (tertiary alicyclic amines) is 1. The van der Waals surface area contributed by atoms with Crippen molar-refractivity contribution in [2.45, 2.75) is 44.8 Å². The number of amides is 1. The van der Waals surface area contributed by atoms with E-state index in [1.807, 2.05) is 13.8 Å². The Morgan fingerprint density at radius 2 is 2.29 bits per heavy atom. The molecule has 1 aromatic heterocycles. The lowest BCUT2D eigenvalue weighted by atomic mass is 10.1. The SMILES string of the molecule is COC1CC(CC(=O)O)N(C(=O)c2cnc(C(C)C)s2)C1. The molecule has 7 heteroatoms. The molecule has 1 aromatic rings. The highest BCUT2D eigenvalue weighted by atomic mass is 32.1. The van der Waals surface area contributed by atoms with E-state index in [1.165, 1.54) is 11.3 Å². The van der Waals surface area contributed by atoms with Gasteiger partial charge >= 0.3 is 5.97 Å². The van der Waals surface area contributed by atoms with Gasteiger partial charge in [-0.2, -0.15) is 0 Å². The van der Waals surface area contributed by atoms with E-state index < -0.39 is 5.97 Å². The van der Waals surface area contributed by atoms with Crippen molar-refractivity contribution >= 4 is 23.2 Å². The average Bonchev–Trinajstić information content (AvgIpc) is 3.03. The lowest BCUT2D eigenvalue weighted by Gasteiger charge is -2.22. The van der Waals surface area contributed by atoms with Gasteiger partial charge in [0.05, 0.1) is 23.7 Å². The second kappa shape index (κ2) is 6.53. The summed E-state index contributed by atoms with van der Waals surface area (Å²) in [5.41, 5.74) is 0. The van der Waals surface area contributed by atoms with Gasteiger partial charge in [0.15, 0.2) is 0 Å². The molecule has 0 aromatic carbocycles. The van der Waals surface area contributed by atoms with Gasteiger partial charge in [-0.25, -0.2) is 4.98 Å². The summed E-state index contributed by atoms with van der Waals surface area (Å²) in [6, 6.07) is -0.315. The van der Waals surface area contributed by atoms with Crippen molar-refractivity contribution in [3.63, 3.8) is 0 Å². The molecular weight excluding hydrogens is 292 g/mol. The van der Waals surface area contributed by atoms with Crippen LogP contribution in [0.25, 0.3) is 0 Å². The third kappa shape index (κ3) is 3.59. The predicted octanol–water partition coefficient (Wildman–Crippen LogP) is 1.97. The Labute approximate surface area is 127 Å². The number of carboxylic acid groups (broad SMARTS) is 1. The van der Waals surface area contributed by atoms with Gasteiger partial charge in [0, 0.05) is 25.6 Å². The maximum Gasteiger partial charge on any atom is 0.305 e. The van der Waals surface area contributed by atoms with Gasteiger partial charge in [-0.1, -0.05) is 13.8 Å². The van der Waals surface area contributed by atoms with E-state index in [-0.39, 0.29) is 30.4 Å². The number of aliphatic carboxylic acids is 1. The molecule has 21 heavy (non-hydrogen) atoms. The topological polar surface area (TPSA) is 79.7 Å². The van der Waals surface area contributed by atoms with Crippen LogP contribution >= 0.6 is 11.3 Å². The van der Waals surface area contributed by atoms with Crippen LogP contribution in [0, 0.1) is 0 Å². The summed E-state index contributed by atoms with van der Waals surface area (Å²) >= 11 is 1.38. The zero-order valence-electron chi connectivity index (χ0n) is 12.4. The summed E-state index contributed by atoms with van der Waals surface area (Å²) in [6.45, 7) is 4.48. The molecule has 116 valence electrons. The highest BCUT2D eigenvalue weighted by molar-refractivity contribution is 7.13. The van der Waals surface area contributed by atoms with Crippen molar-refractivity contribution in [3.8, 4) is 0 Å². The van der Waals surface area contributed by atoms with Crippen molar-refractivity contribution < 1.29 is 19.4 Å². The summed E-state index contributed by atoms with van der Waals surface area (Å²) < 4.78 is 5.28. The quantitative estimate of drug-likeness (QED) is 0.899. The molecule has 1 amide bonds. The number of carbonyl (C=O) groups excluding carboxylic acids is 1. The van der Waals surface area contributed by atoms with Gasteiger partial charge in [-0.3, -0.25) is 9.59 Å². The van der Waals surface area contributed by atoms with E-state index in [0.29, 0.717) is 17.8 Å². The Morgan fingerprint density at radius 1 is 1.57 bits per heavy atom. The fourth-order valence-corrected chi connectivity index (χ4v) is 3.36. The fraction of sp³-hybridized carbons (Fsp3) is 0.643. The average molecular weight is 312 g/mol. The summed E-state index contributed by atoms with van der Waals surface area (Å²) in [7, 11) is 1.58. The van der Waals surface area contributed by atoms with E-state index in [4.69, 9.17) is 9.84 Å². The molecule has 0 aliphatic carbocycles. The molecule has 1 aliphatic rings. The van der Waals surface area contributed by atoms with Gasteiger partial charge in [0.25, 0.3) is 5.91 Å². The van der Waals surface area contributed by atoms with E-state index in [2.05, 4.69) is 4.98 Å². The minimum Gasteiger partial charge on any atom is -0.481 e. The van der Waals surface area contributed by atoms with Crippen LogP contribution in [-0.4, -0.2) is 52.7 Å². The van der Waals surface area contributed by atoms with E-state index in [1.54, 1.807) is 18.2 Å². The number of methoxy groups -OCH3 is 1. The van der Waals surface area contributed by atoms with Crippen molar-refractivity contribution in [2.75, 3.05) is 13.7 Å². The molecular formula is C14H20N2O4S. The standard InChI is InChI=1S/C14H20N2O4S/c1-8(2)13-15-6-11(21-13)14(19)16-7-10(20-3)4-9(16)5-12(17)18/h6,8-10H,4-5,7H2,1-3H3,(H,17,18). The largest absolute Gasteiger partial charge is 0.481 e. The molecule has 2 heterocycles. The van der Waals surface area contributed by atoms with Crippen LogP contribution in [0.5, 0.6) is 0 Å². The Hall–Kier alpha value is -1.47. The molecule has 1 aliphatic heterocycles. The Kier molecular flexibility index (Phi) is 4.95. The molecule has 1 fully saturated rings. The monoisotopic (exact) mass is 312 g/mol. The molecule has 2 rings (SSSR count). The van der Waals surface area contributed by atoms with Crippen molar-refractivity contribution in [3.05, 3.63) is 16.1 Å². The Morgan fingerprint density at radius 3 is 2.81 bits per heavy atom. The van der Waals surface area contributed by atoms with Crippen molar-refractivity contribution in [2.24, 2.45) is 0 Å². The fourth-order valence-electron chi connectivity index (χ4n) is 2.48. The molecule has 1 N–H and O–H groups in total. The molecule has 2 unspecified atom stereocenters. The molecule has 0 bridgehead atoms. The maximum absolute atomic E-state index is 12.6.